The monoisotopic (exact) mass is 357 g/mol. The van der Waals surface area contributed by atoms with Crippen molar-refractivity contribution in [3.63, 3.8) is 0 Å². The summed E-state index contributed by atoms with van der Waals surface area (Å²) in [5.74, 6) is -1.76. The quantitative estimate of drug-likeness (QED) is 0.790. The van der Waals surface area contributed by atoms with Gasteiger partial charge in [0.15, 0.2) is 0 Å². The summed E-state index contributed by atoms with van der Waals surface area (Å²) in [6.07, 6.45) is 3.29. The van der Waals surface area contributed by atoms with Gasteiger partial charge in [-0.1, -0.05) is 0 Å². The molecule has 25 heavy (non-hydrogen) atoms. The number of rotatable bonds is 3. The third-order valence-corrected chi connectivity index (χ3v) is 4.73. The van der Waals surface area contributed by atoms with E-state index in [1.54, 1.807) is 6.07 Å². The highest BCUT2D eigenvalue weighted by Gasteiger charge is 2.28. The summed E-state index contributed by atoms with van der Waals surface area (Å²) in [4.78, 5) is 25.7. The Kier molecular flexibility index (Phi) is 5.03. The average Bonchev–Trinajstić information content (AvgIpc) is 3.40. The smallest absolute Gasteiger partial charge is 0.341 e. The lowest BCUT2D eigenvalue weighted by atomic mass is 10.1. The number of nitrogens with zero attached hydrogens (tertiary/aromatic N) is 2. The summed E-state index contributed by atoms with van der Waals surface area (Å²) in [6, 6.07) is 3.08. The van der Waals surface area contributed by atoms with Crippen LogP contribution in [-0.2, 0) is 0 Å². The van der Waals surface area contributed by atoms with E-state index >= 15 is 0 Å². The summed E-state index contributed by atoms with van der Waals surface area (Å²) in [5, 5.41) is 12.6. The number of hydrogen-bond donors (Lipinski definition) is 2. The van der Waals surface area contributed by atoms with Crippen molar-refractivity contribution in [3.05, 3.63) is 39.9 Å². The minimum atomic E-state index is -1.28. The largest absolute Gasteiger partial charge is 0.477 e. The molecule has 8 heteroatoms. The molecule has 0 spiro atoms. The predicted octanol–water partition coefficient (Wildman–Crippen LogP) is 0.667. The Labute approximate surface area is 159 Å². The number of benzene rings is 1. The van der Waals surface area contributed by atoms with Gasteiger partial charge in [0.2, 0.25) is 5.43 Å². The molecule has 1 saturated carbocycles. The highest BCUT2D eigenvalue weighted by Crippen LogP contribution is 2.38. The van der Waals surface area contributed by atoms with Gasteiger partial charge >= 0.3 is 29.0 Å². The first-order valence-corrected chi connectivity index (χ1v) is 8.13. The first-order chi connectivity index (χ1) is 11.6. The molecule has 4 rings (SSSR count). The second kappa shape index (κ2) is 6.93. The van der Waals surface area contributed by atoms with Gasteiger partial charge in [-0.25, -0.2) is 9.18 Å². The highest BCUT2D eigenvalue weighted by atomic mass is 24.3. The molecule has 2 aliphatic rings. The fourth-order valence-electron chi connectivity index (χ4n) is 3.31. The molecule has 130 valence electrons. The molecule has 1 saturated heterocycles. The van der Waals surface area contributed by atoms with Crippen LogP contribution in [0.3, 0.4) is 0 Å². The van der Waals surface area contributed by atoms with Crippen molar-refractivity contribution in [2.75, 3.05) is 31.1 Å². The number of carbonyl (C=O) groups is 1. The maximum Gasteiger partial charge on any atom is 0.341 e. The maximum absolute atomic E-state index is 14.6. The number of pyridine rings is 1. The Bertz CT molecular complexity index is 889. The van der Waals surface area contributed by atoms with E-state index in [1.165, 1.54) is 12.3 Å². The van der Waals surface area contributed by atoms with Crippen LogP contribution < -0.4 is 15.6 Å². The van der Waals surface area contributed by atoms with E-state index in [0.29, 0.717) is 24.3 Å². The molecule has 0 unspecified atom stereocenters. The number of piperazine rings is 1. The molecule has 1 aliphatic carbocycles. The number of carboxylic acids is 1. The zero-order valence-corrected chi connectivity index (χ0v) is 13.1. The molecule has 1 aromatic heterocycles. The molecule has 0 bridgehead atoms. The zero-order valence-electron chi connectivity index (χ0n) is 13.1. The zero-order chi connectivity index (χ0) is 16.8. The Morgan fingerprint density at radius 1 is 1.24 bits per heavy atom. The van der Waals surface area contributed by atoms with Crippen molar-refractivity contribution >= 4 is 45.6 Å². The van der Waals surface area contributed by atoms with Crippen molar-refractivity contribution in [1.82, 2.24) is 9.88 Å². The number of carboxylic acid groups (broad SMARTS) is 1. The molecule has 0 radical (unpaired) electrons. The fourth-order valence-corrected chi connectivity index (χ4v) is 3.31. The number of fused-ring (bicyclic) bond motifs is 1. The van der Waals surface area contributed by atoms with Crippen molar-refractivity contribution < 1.29 is 14.3 Å². The summed E-state index contributed by atoms with van der Waals surface area (Å²) < 4.78 is 16.4. The van der Waals surface area contributed by atoms with E-state index in [0.717, 1.165) is 25.9 Å². The first-order valence-electron chi connectivity index (χ1n) is 8.13. The Balaban J connectivity index is 0.00000182. The van der Waals surface area contributed by atoms with Crippen LogP contribution in [0.1, 0.15) is 29.2 Å². The standard InChI is InChI=1S/C17H18FN3O3.Mg.2H/c18-13-7-11-14(8-15(13)20-5-3-19-4-6-20)21(10-1-2-10)9-12(16(11)22)17(23)24;;;/h7-10,19H,1-6H2,(H,23,24);;;. The van der Waals surface area contributed by atoms with Gasteiger partial charge in [-0.05, 0) is 25.0 Å². The van der Waals surface area contributed by atoms with E-state index in [1.807, 2.05) is 9.47 Å². The number of aromatic nitrogens is 1. The SMILES string of the molecule is O=C(O)c1cn(C2CC2)c2cc(N3CCNCC3)c(F)cc2c1=O.[MgH2]. The normalized spacial score (nSPS) is 17.4. The van der Waals surface area contributed by atoms with Crippen molar-refractivity contribution in [2.24, 2.45) is 0 Å². The summed E-state index contributed by atoms with van der Waals surface area (Å²) in [7, 11) is 0. The average molecular weight is 358 g/mol. The predicted molar refractivity (Wildman–Crippen MR) is 97.0 cm³/mol. The number of halogens is 1. The summed E-state index contributed by atoms with van der Waals surface area (Å²) in [5.41, 5.74) is 0.159. The van der Waals surface area contributed by atoms with Gasteiger partial charge in [0, 0.05) is 43.8 Å². The van der Waals surface area contributed by atoms with Crippen LogP contribution in [0.5, 0.6) is 0 Å². The molecule has 2 aromatic rings. The lowest BCUT2D eigenvalue weighted by molar-refractivity contribution is 0.0695. The second-order valence-corrected chi connectivity index (χ2v) is 6.37. The highest BCUT2D eigenvalue weighted by molar-refractivity contribution is 5.93. The van der Waals surface area contributed by atoms with Crippen molar-refractivity contribution in [2.45, 2.75) is 18.9 Å². The molecule has 0 atom stereocenters. The number of aromatic carboxylic acids is 1. The minimum absolute atomic E-state index is 0. The molecule has 1 aromatic carbocycles. The first kappa shape index (κ1) is 18.2. The number of hydrogen-bond acceptors (Lipinski definition) is 4. The van der Waals surface area contributed by atoms with Gasteiger partial charge in [0.05, 0.1) is 11.2 Å². The van der Waals surface area contributed by atoms with Crippen LogP contribution in [0.2, 0.25) is 0 Å². The molecule has 2 heterocycles. The van der Waals surface area contributed by atoms with Gasteiger partial charge in [0.1, 0.15) is 11.4 Å². The Morgan fingerprint density at radius 3 is 2.52 bits per heavy atom. The van der Waals surface area contributed by atoms with E-state index in [-0.39, 0.29) is 40.0 Å². The van der Waals surface area contributed by atoms with Crippen LogP contribution in [0.25, 0.3) is 10.9 Å². The molecule has 1 aliphatic heterocycles. The van der Waals surface area contributed by atoms with Crippen LogP contribution >= 0.6 is 0 Å². The Morgan fingerprint density at radius 2 is 1.92 bits per heavy atom. The van der Waals surface area contributed by atoms with Crippen molar-refractivity contribution in [1.29, 1.82) is 0 Å². The molecular weight excluding hydrogens is 338 g/mol. The van der Waals surface area contributed by atoms with Crippen LogP contribution in [0.15, 0.2) is 23.1 Å². The lowest BCUT2D eigenvalue weighted by Crippen LogP contribution is -2.43. The van der Waals surface area contributed by atoms with E-state index < -0.39 is 17.2 Å². The second-order valence-electron chi connectivity index (χ2n) is 6.37. The topological polar surface area (TPSA) is 74.6 Å². The third kappa shape index (κ3) is 3.25. The van der Waals surface area contributed by atoms with Crippen LogP contribution in [0.4, 0.5) is 10.1 Å². The molecular formula is C17H20FMgN3O3. The van der Waals surface area contributed by atoms with Gasteiger partial charge in [-0.2, -0.15) is 0 Å². The van der Waals surface area contributed by atoms with Gasteiger partial charge in [0.25, 0.3) is 0 Å². The van der Waals surface area contributed by atoms with Crippen LogP contribution in [-0.4, -0.2) is 64.9 Å². The molecule has 6 nitrogen and oxygen atoms in total. The third-order valence-electron chi connectivity index (χ3n) is 4.73. The van der Waals surface area contributed by atoms with Gasteiger partial charge < -0.3 is 19.9 Å². The maximum atomic E-state index is 14.6. The van der Waals surface area contributed by atoms with E-state index in [4.69, 9.17) is 0 Å². The van der Waals surface area contributed by atoms with E-state index in [9.17, 15) is 19.1 Å². The minimum Gasteiger partial charge on any atom is -0.477 e. The molecule has 0 amide bonds. The summed E-state index contributed by atoms with van der Waals surface area (Å²) >= 11 is 0. The number of nitrogens with one attached hydrogen (secondary N) is 1. The molecule has 2 N–H and O–H groups in total. The number of anilines is 1. The summed E-state index contributed by atoms with van der Waals surface area (Å²) in [6.45, 7) is 2.96. The van der Waals surface area contributed by atoms with Crippen molar-refractivity contribution in [3.8, 4) is 0 Å². The lowest BCUT2D eigenvalue weighted by Gasteiger charge is -2.30. The van der Waals surface area contributed by atoms with Gasteiger partial charge in [-0.15, -0.1) is 0 Å². The van der Waals surface area contributed by atoms with Gasteiger partial charge in [-0.3, -0.25) is 4.79 Å². The Hall–Kier alpha value is -1.64. The van der Waals surface area contributed by atoms with Crippen LogP contribution in [0, 0.1) is 5.82 Å². The fraction of sp³-hybridized carbons (Fsp3) is 0.412. The molecule has 2 fully saturated rings. The van der Waals surface area contributed by atoms with E-state index in [2.05, 4.69) is 5.32 Å².